The summed E-state index contributed by atoms with van der Waals surface area (Å²) in [4.78, 5) is 44.9. The Balaban J connectivity index is 1.08. The Hall–Kier alpha value is -4.59. The normalized spacial score (nSPS) is 18.8. The molecule has 1 unspecified atom stereocenters. The molecule has 0 aliphatic carbocycles. The molecule has 2 saturated heterocycles. The third-order valence-electron chi connectivity index (χ3n) is 8.93. The maximum Gasteiger partial charge on any atom is 0.410 e. The topological polar surface area (TPSA) is 127 Å². The zero-order valence-corrected chi connectivity index (χ0v) is 28.8. The minimum Gasteiger partial charge on any atom is -0.445 e. The minimum absolute atomic E-state index is 0.00580. The molecule has 2 amide bonds. The molecule has 0 saturated carbocycles. The molecule has 250 valence electrons. The fourth-order valence-corrected chi connectivity index (χ4v) is 9.70. The van der Waals surface area contributed by atoms with Crippen LogP contribution in [0.4, 0.5) is 15.6 Å². The van der Waals surface area contributed by atoms with Crippen LogP contribution in [0.2, 0.25) is 0 Å². The highest BCUT2D eigenvalue weighted by Crippen LogP contribution is 2.42. The lowest BCUT2D eigenvalue weighted by atomic mass is 9.93. The lowest BCUT2D eigenvalue weighted by Gasteiger charge is -2.54. The van der Waals surface area contributed by atoms with E-state index in [4.69, 9.17) is 14.1 Å². The van der Waals surface area contributed by atoms with Crippen molar-refractivity contribution in [2.24, 2.45) is 0 Å². The predicted molar refractivity (Wildman–Crippen MR) is 187 cm³/mol. The van der Waals surface area contributed by atoms with E-state index in [0.29, 0.717) is 30.8 Å². The van der Waals surface area contributed by atoms with Gasteiger partial charge in [-0.2, -0.15) is 0 Å². The van der Waals surface area contributed by atoms with Crippen LogP contribution in [-0.4, -0.2) is 67.2 Å². The molecule has 2 atom stereocenters. The number of non-ortho nitro benzene ring substituents is 1. The summed E-state index contributed by atoms with van der Waals surface area (Å²) in [6.45, 7) is 3.78. The van der Waals surface area contributed by atoms with E-state index >= 15 is 0 Å². The second-order valence-electron chi connectivity index (χ2n) is 12.2. The number of likely N-dealkylation sites (tertiary alicyclic amines) is 1. The van der Waals surface area contributed by atoms with Crippen molar-refractivity contribution in [3.05, 3.63) is 112 Å². The number of nitro groups is 1. The molecule has 11 nitrogen and oxygen atoms in total. The van der Waals surface area contributed by atoms with Crippen molar-refractivity contribution in [2.45, 2.75) is 57.4 Å². The smallest absolute Gasteiger partial charge is 0.410 e. The van der Waals surface area contributed by atoms with Gasteiger partial charge in [-0.1, -0.05) is 74.0 Å². The monoisotopic (exact) mass is 685 g/mol. The summed E-state index contributed by atoms with van der Waals surface area (Å²) in [6.07, 6.45) is 3.96. The second kappa shape index (κ2) is 15.1. The van der Waals surface area contributed by atoms with Gasteiger partial charge in [0.15, 0.2) is 5.13 Å². The van der Waals surface area contributed by atoms with E-state index in [9.17, 15) is 19.7 Å². The first-order valence-corrected chi connectivity index (χ1v) is 18.8. The summed E-state index contributed by atoms with van der Waals surface area (Å²) in [5.41, 5.74) is 0.503. The van der Waals surface area contributed by atoms with Gasteiger partial charge in [0.05, 0.1) is 4.92 Å². The maximum absolute atomic E-state index is 13.3. The molecule has 0 bridgehead atoms. The quantitative estimate of drug-likeness (QED) is 0.120. The summed E-state index contributed by atoms with van der Waals surface area (Å²) in [7, 11) is -2.04. The van der Waals surface area contributed by atoms with Crippen LogP contribution < -0.4 is 20.6 Å². The number of unbranched alkanes of at least 4 members (excludes halogenated alkanes) is 1. The zero-order valence-electron chi connectivity index (χ0n) is 26.8. The number of rotatable bonds is 13. The molecule has 0 radical (unpaired) electrons. The first kappa shape index (κ1) is 33.3. The fraction of sp³-hybridized carbons (Fsp3) is 0.343. The van der Waals surface area contributed by atoms with Gasteiger partial charge < -0.3 is 24.3 Å². The number of thiazole rings is 1. The lowest BCUT2D eigenvalue weighted by molar-refractivity contribution is -0.384. The van der Waals surface area contributed by atoms with Crippen LogP contribution in [0.5, 0.6) is 0 Å². The van der Waals surface area contributed by atoms with Gasteiger partial charge in [-0.25, -0.2) is 9.78 Å². The van der Waals surface area contributed by atoms with E-state index in [1.54, 1.807) is 22.4 Å². The summed E-state index contributed by atoms with van der Waals surface area (Å²) >= 11 is 1.45. The molecular weight excluding hydrogens is 647 g/mol. The van der Waals surface area contributed by atoms with E-state index < -0.39 is 25.8 Å². The number of aromatic nitrogens is 1. The Kier molecular flexibility index (Phi) is 10.5. The third-order valence-corrected chi connectivity index (χ3v) is 12.4. The van der Waals surface area contributed by atoms with Crippen LogP contribution in [0.25, 0.3) is 0 Å². The molecule has 48 heavy (non-hydrogen) atoms. The summed E-state index contributed by atoms with van der Waals surface area (Å²) in [5.74, 6) is -0.273. The molecule has 1 aromatic heterocycles. The van der Waals surface area contributed by atoms with E-state index in [1.807, 2.05) is 12.1 Å². The number of nitrogens with zero attached hydrogens (tertiary/aromatic N) is 4. The van der Waals surface area contributed by atoms with Gasteiger partial charge in [-0.05, 0) is 47.3 Å². The van der Waals surface area contributed by atoms with Crippen LogP contribution in [0.1, 0.15) is 55.1 Å². The highest BCUT2D eigenvalue weighted by molar-refractivity contribution is 7.14. The van der Waals surface area contributed by atoms with E-state index in [1.165, 1.54) is 33.8 Å². The second-order valence-corrected chi connectivity index (χ2v) is 15.3. The van der Waals surface area contributed by atoms with Gasteiger partial charge in [-0.3, -0.25) is 14.9 Å². The SMILES string of the molecule is CCCCC1(O[SiH](c2ccccc2)c2ccccc2)CCN1c1nc(C(=O)N[C@@H]2CCN(C(=O)OCc3ccc([N+](=O)[O-])cc3)C2)cs1. The van der Waals surface area contributed by atoms with Crippen LogP contribution in [0, 0.1) is 10.1 Å². The van der Waals surface area contributed by atoms with Crippen molar-refractivity contribution in [3.8, 4) is 0 Å². The lowest BCUT2D eigenvalue weighted by Crippen LogP contribution is -2.66. The Morgan fingerprint density at radius 1 is 1.04 bits per heavy atom. The molecule has 2 fully saturated rings. The van der Waals surface area contributed by atoms with Crippen molar-refractivity contribution < 1.29 is 23.7 Å². The molecule has 3 heterocycles. The van der Waals surface area contributed by atoms with Crippen LogP contribution in [-0.2, 0) is 15.8 Å². The van der Waals surface area contributed by atoms with E-state index in [-0.39, 0.29) is 24.2 Å². The van der Waals surface area contributed by atoms with Gasteiger partial charge in [0.1, 0.15) is 18.0 Å². The van der Waals surface area contributed by atoms with Crippen molar-refractivity contribution in [3.63, 3.8) is 0 Å². The Labute approximate surface area is 285 Å². The van der Waals surface area contributed by atoms with Crippen molar-refractivity contribution in [1.82, 2.24) is 15.2 Å². The summed E-state index contributed by atoms with van der Waals surface area (Å²) in [6, 6.07) is 26.6. The maximum atomic E-state index is 13.3. The average Bonchev–Trinajstić information content (AvgIpc) is 3.78. The van der Waals surface area contributed by atoms with Crippen LogP contribution in [0.3, 0.4) is 0 Å². The van der Waals surface area contributed by atoms with E-state index in [2.05, 4.69) is 65.7 Å². The number of nitrogens with one attached hydrogen (secondary N) is 1. The van der Waals surface area contributed by atoms with E-state index in [0.717, 1.165) is 37.4 Å². The first-order chi connectivity index (χ1) is 23.3. The number of benzene rings is 3. The van der Waals surface area contributed by atoms with Gasteiger partial charge in [0, 0.05) is 49.6 Å². The molecular formula is C35H39N5O6SSi. The standard InChI is InChI=1S/C35H39N5O6SSi/c1-2-3-19-35(46-48(29-10-6-4-7-11-29)30-12-8-5-9-13-30)20-22-39(35)33-37-31(25-47-33)32(41)36-27-18-21-38(23-27)34(42)45-24-26-14-16-28(17-15-26)40(43)44/h4-17,25,27,48H,2-3,18-24H2,1H3,(H,36,41)/t27-,35?/m1/s1. The Morgan fingerprint density at radius 2 is 1.73 bits per heavy atom. The highest BCUT2D eigenvalue weighted by Gasteiger charge is 2.48. The minimum atomic E-state index is -2.04. The number of carbonyl (C=O) groups excluding carboxylic acids is 2. The molecule has 6 rings (SSSR count). The summed E-state index contributed by atoms with van der Waals surface area (Å²) in [5, 5.41) is 18.9. The largest absolute Gasteiger partial charge is 0.445 e. The Bertz CT molecular complexity index is 1670. The number of carbonyl (C=O) groups is 2. The first-order valence-electron chi connectivity index (χ1n) is 16.3. The molecule has 3 aromatic carbocycles. The highest BCUT2D eigenvalue weighted by atomic mass is 32.1. The zero-order chi connectivity index (χ0) is 33.5. The molecule has 2 aliphatic rings. The molecule has 1 N–H and O–H groups in total. The molecule has 4 aromatic rings. The average molecular weight is 686 g/mol. The number of nitro benzene ring substituents is 1. The molecule has 0 spiro atoms. The number of anilines is 1. The number of ether oxygens (including phenoxy) is 1. The van der Waals surface area contributed by atoms with Crippen LogP contribution >= 0.6 is 11.3 Å². The van der Waals surface area contributed by atoms with Gasteiger partial charge in [0.25, 0.3) is 11.6 Å². The fourth-order valence-electron chi connectivity index (χ4n) is 6.19. The van der Waals surface area contributed by atoms with Crippen molar-refractivity contribution in [1.29, 1.82) is 0 Å². The van der Waals surface area contributed by atoms with Gasteiger partial charge in [-0.15, -0.1) is 11.3 Å². The predicted octanol–water partition coefficient (Wildman–Crippen LogP) is 4.84. The van der Waals surface area contributed by atoms with Crippen molar-refractivity contribution in [2.75, 3.05) is 24.5 Å². The van der Waals surface area contributed by atoms with Gasteiger partial charge in [0.2, 0.25) is 9.04 Å². The third kappa shape index (κ3) is 7.59. The van der Waals surface area contributed by atoms with Crippen LogP contribution in [0.15, 0.2) is 90.3 Å². The molecule has 13 heteroatoms. The number of hydrogen-bond acceptors (Lipinski definition) is 9. The summed E-state index contributed by atoms with van der Waals surface area (Å²) < 4.78 is 12.7. The molecule has 2 aliphatic heterocycles. The van der Waals surface area contributed by atoms with Gasteiger partial charge >= 0.3 is 6.09 Å². The Morgan fingerprint density at radius 3 is 2.33 bits per heavy atom. The van der Waals surface area contributed by atoms with Crippen molar-refractivity contribution >= 4 is 53.6 Å². The number of amides is 2. The number of hydrogen-bond donors (Lipinski definition) is 1.